The SMILES string of the molecule is CN(C)c1ccc(-c2ccc3c(n2)n(C)c(=O)n3CC(C)(C)C)cn1. The second kappa shape index (κ2) is 6.02. The molecule has 0 aromatic carbocycles. The zero-order chi connectivity index (χ0) is 18.4. The molecule has 0 N–H and O–H groups in total. The summed E-state index contributed by atoms with van der Waals surface area (Å²) in [7, 11) is 5.69. The van der Waals surface area contributed by atoms with Crippen molar-refractivity contribution in [1.29, 1.82) is 0 Å². The molecule has 0 radical (unpaired) electrons. The second-order valence-electron chi connectivity index (χ2n) is 7.83. The van der Waals surface area contributed by atoms with E-state index in [1.807, 2.05) is 49.5 Å². The smallest absolute Gasteiger partial charge is 0.330 e. The van der Waals surface area contributed by atoms with Crippen LogP contribution in [0.2, 0.25) is 0 Å². The number of rotatable bonds is 3. The van der Waals surface area contributed by atoms with E-state index in [2.05, 4.69) is 25.8 Å². The Balaban J connectivity index is 2.09. The molecule has 0 saturated heterocycles. The molecule has 132 valence electrons. The average molecular weight is 339 g/mol. The Hall–Kier alpha value is -2.63. The predicted octanol–water partition coefficient (Wildman–Crippen LogP) is 2.91. The van der Waals surface area contributed by atoms with Crippen LogP contribution in [0.3, 0.4) is 0 Å². The number of hydrogen-bond acceptors (Lipinski definition) is 4. The molecular formula is C19H25N5O. The Bertz CT molecular complexity index is 958. The number of pyridine rings is 2. The Morgan fingerprint density at radius 3 is 2.40 bits per heavy atom. The van der Waals surface area contributed by atoms with Crippen molar-refractivity contribution >= 4 is 17.0 Å². The Morgan fingerprint density at radius 2 is 1.84 bits per heavy atom. The quantitative estimate of drug-likeness (QED) is 0.736. The highest BCUT2D eigenvalue weighted by Crippen LogP contribution is 2.23. The summed E-state index contributed by atoms with van der Waals surface area (Å²) >= 11 is 0. The van der Waals surface area contributed by atoms with Gasteiger partial charge in [0.25, 0.3) is 0 Å². The fourth-order valence-corrected chi connectivity index (χ4v) is 2.86. The van der Waals surface area contributed by atoms with Crippen LogP contribution >= 0.6 is 0 Å². The molecule has 3 aromatic heterocycles. The minimum Gasteiger partial charge on any atom is -0.363 e. The molecule has 0 spiro atoms. The van der Waals surface area contributed by atoms with Crippen molar-refractivity contribution in [3.05, 3.63) is 40.9 Å². The van der Waals surface area contributed by atoms with Crippen LogP contribution in [0.25, 0.3) is 22.4 Å². The fourth-order valence-electron chi connectivity index (χ4n) is 2.86. The van der Waals surface area contributed by atoms with Crippen molar-refractivity contribution in [1.82, 2.24) is 19.1 Å². The van der Waals surface area contributed by atoms with Gasteiger partial charge in [-0.3, -0.25) is 9.13 Å². The maximum absolute atomic E-state index is 12.6. The standard InChI is InChI=1S/C19H25N5O/c1-19(2,3)12-24-15-9-8-14(21-17(15)23(6)18(24)25)13-7-10-16(20-11-13)22(4)5/h7-11H,12H2,1-6H3. The van der Waals surface area contributed by atoms with Crippen LogP contribution in [0.1, 0.15) is 20.8 Å². The third-order valence-electron chi connectivity index (χ3n) is 4.12. The molecule has 0 amide bonds. The number of aromatic nitrogens is 4. The van der Waals surface area contributed by atoms with Gasteiger partial charge in [0, 0.05) is 39.4 Å². The number of anilines is 1. The molecular weight excluding hydrogens is 314 g/mol. The van der Waals surface area contributed by atoms with Crippen LogP contribution in [0.15, 0.2) is 35.3 Å². The molecule has 3 rings (SSSR count). The minimum atomic E-state index is -0.0318. The molecule has 6 nitrogen and oxygen atoms in total. The number of hydrogen-bond donors (Lipinski definition) is 0. The third kappa shape index (κ3) is 3.29. The van der Waals surface area contributed by atoms with Gasteiger partial charge in [0.15, 0.2) is 5.65 Å². The normalized spacial score (nSPS) is 11.9. The summed E-state index contributed by atoms with van der Waals surface area (Å²) in [6.07, 6.45) is 1.81. The first-order valence-corrected chi connectivity index (χ1v) is 8.37. The molecule has 0 saturated carbocycles. The Kier molecular flexibility index (Phi) is 4.14. The molecule has 25 heavy (non-hydrogen) atoms. The molecule has 0 aliphatic heterocycles. The van der Waals surface area contributed by atoms with E-state index in [-0.39, 0.29) is 11.1 Å². The highest BCUT2D eigenvalue weighted by Gasteiger charge is 2.18. The van der Waals surface area contributed by atoms with Crippen LogP contribution in [0.5, 0.6) is 0 Å². The van der Waals surface area contributed by atoms with E-state index in [1.54, 1.807) is 16.2 Å². The number of aryl methyl sites for hydroxylation is 1. The van der Waals surface area contributed by atoms with Gasteiger partial charge >= 0.3 is 5.69 Å². The van der Waals surface area contributed by atoms with Crippen molar-refractivity contribution in [2.24, 2.45) is 12.5 Å². The van der Waals surface area contributed by atoms with Gasteiger partial charge < -0.3 is 4.90 Å². The summed E-state index contributed by atoms with van der Waals surface area (Å²) in [5.41, 5.74) is 3.29. The zero-order valence-electron chi connectivity index (χ0n) is 15.7. The lowest BCUT2D eigenvalue weighted by Gasteiger charge is -2.18. The summed E-state index contributed by atoms with van der Waals surface area (Å²) in [6, 6.07) is 7.89. The molecule has 3 aromatic rings. The van der Waals surface area contributed by atoms with E-state index in [0.29, 0.717) is 12.2 Å². The van der Waals surface area contributed by atoms with Gasteiger partial charge in [-0.1, -0.05) is 20.8 Å². The van der Waals surface area contributed by atoms with Gasteiger partial charge in [0.05, 0.1) is 11.2 Å². The third-order valence-corrected chi connectivity index (χ3v) is 4.12. The Labute approximate surface area is 147 Å². The maximum atomic E-state index is 12.6. The zero-order valence-corrected chi connectivity index (χ0v) is 15.7. The first-order chi connectivity index (χ1) is 11.7. The van der Waals surface area contributed by atoms with Crippen LogP contribution in [0, 0.1) is 5.41 Å². The first-order valence-electron chi connectivity index (χ1n) is 8.37. The summed E-state index contributed by atoms with van der Waals surface area (Å²) in [5, 5.41) is 0. The van der Waals surface area contributed by atoms with E-state index >= 15 is 0 Å². The topological polar surface area (TPSA) is 56.0 Å². The lowest BCUT2D eigenvalue weighted by Crippen LogP contribution is -2.27. The molecule has 0 bridgehead atoms. The van der Waals surface area contributed by atoms with Crippen molar-refractivity contribution in [2.75, 3.05) is 19.0 Å². The van der Waals surface area contributed by atoms with Gasteiger partial charge in [-0.15, -0.1) is 0 Å². The van der Waals surface area contributed by atoms with Crippen LogP contribution in [0.4, 0.5) is 5.82 Å². The molecule has 0 aliphatic rings. The van der Waals surface area contributed by atoms with Crippen LogP contribution < -0.4 is 10.6 Å². The van der Waals surface area contributed by atoms with Gasteiger partial charge in [-0.2, -0.15) is 0 Å². The van der Waals surface area contributed by atoms with Gasteiger partial charge in [0.2, 0.25) is 0 Å². The highest BCUT2D eigenvalue weighted by atomic mass is 16.1. The highest BCUT2D eigenvalue weighted by molar-refractivity contribution is 5.76. The lowest BCUT2D eigenvalue weighted by molar-refractivity contribution is 0.342. The molecule has 0 fully saturated rings. The molecule has 0 unspecified atom stereocenters. The Morgan fingerprint density at radius 1 is 1.12 bits per heavy atom. The van der Waals surface area contributed by atoms with Gasteiger partial charge in [-0.25, -0.2) is 14.8 Å². The summed E-state index contributed by atoms with van der Waals surface area (Å²) < 4.78 is 3.42. The lowest BCUT2D eigenvalue weighted by atomic mass is 9.97. The van der Waals surface area contributed by atoms with Crippen LogP contribution in [-0.2, 0) is 13.6 Å². The average Bonchev–Trinajstić information content (AvgIpc) is 2.78. The van der Waals surface area contributed by atoms with Crippen molar-refractivity contribution in [3.63, 3.8) is 0 Å². The predicted molar refractivity (Wildman–Crippen MR) is 102 cm³/mol. The number of imidazole rings is 1. The summed E-state index contributed by atoms with van der Waals surface area (Å²) in [5.74, 6) is 0.897. The van der Waals surface area contributed by atoms with E-state index in [0.717, 1.165) is 22.6 Å². The van der Waals surface area contributed by atoms with Crippen molar-refractivity contribution in [3.8, 4) is 11.3 Å². The van der Waals surface area contributed by atoms with E-state index in [4.69, 9.17) is 4.98 Å². The van der Waals surface area contributed by atoms with E-state index < -0.39 is 0 Å². The minimum absolute atomic E-state index is 0.0166. The van der Waals surface area contributed by atoms with Crippen molar-refractivity contribution < 1.29 is 0 Å². The van der Waals surface area contributed by atoms with Gasteiger partial charge in [0.1, 0.15) is 5.82 Å². The number of fused-ring (bicyclic) bond motifs is 1. The van der Waals surface area contributed by atoms with E-state index in [9.17, 15) is 4.79 Å². The fraction of sp³-hybridized carbons (Fsp3) is 0.421. The summed E-state index contributed by atoms with van der Waals surface area (Å²) in [4.78, 5) is 23.7. The first kappa shape index (κ1) is 17.2. The number of nitrogens with zero attached hydrogens (tertiary/aromatic N) is 5. The summed E-state index contributed by atoms with van der Waals surface area (Å²) in [6.45, 7) is 7.03. The van der Waals surface area contributed by atoms with E-state index in [1.165, 1.54) is 0 Å². The molecule has 0 aliphatic carbocycles. The second-order valence-corrected chi connectivity index (χ2v) is 7.83. The molecule has 0 atom stereocenters. The van der Waals surface area contributed by atoms with Gasteiger partial charge in [-0.05, 0) is 29.7 Å². The van der Waals surface area contributed by atoms with Crippen molar-refractivity contribution in [2.45, 2.75) is 27.3 Å². The molecule has 6 heteroatoms. The monoisotopic (exact) mass is 339 g/mol. The molecule has 3 heterocycles. The van der Waals surface area contributed by atoms with Crippen LogP contribution in [-0.4, -0.2) is 33.2 Å². The largest absolute Gasteiger partial charge is 0.363 e. The maximum Gasteiger partial charge on any atom is 0.330 e.